The molecule has 0 spiro atoms. The monoisotopic (exact) mass is 413 g/mol. The molecule has 3 N–H and O–H groups in total. The van der Waals surface area contributed by atoms with Crippen LogP contribution in [0.25, 0.3) is 0 Å². The van der Waals surface area contributed by atoms with Crippen LogP contribution in [0.15, 0.2) is 70.5 Å². The maximum absolute atomic E-state index is 9.55. The zero-order valence-corrected chi connectivity index (χ0v) is 17.5. The van der Waals surface area contributed by atoms with E-state index in [0.717, 1.165) is 6.42 Å². The second-order valence-electron chi connectivity index (χ2n) is 7.08. The van der Waals surface area contributed by atoms with Crippen LogP contribution in [-0.2, 0) is 22.4 Å². The van der Waals surface area contributed by atoms with Gasteiger partial charge in [-0.3, -0.25) is 0 Å². The summed E-state index contributed by atoms with van der Waals surface area (Å²) in [6.07, 6.45) is 4.72. The number of carboxylic acids is 2. The highest BCUT2D eigenvalue weighted by molar-refractivity contribution is 7.99. The second kappa shape index (κ2) is 11.4. The molecule has 2 aromatic carbocycles. The largest absolute Gasteiger partial charge is 0.478 e. The lowest BCUT2D eigenvalue weighted by atomic mass is 9.88. The van der Waals surface area contributed by atoms with E-state index in [1.54, 1.807) is 5.56 Å². The molecule has 0 saturated carbocycles. The summed E-state index contributed by atoms with van der Waals surface area (Å²) in [6.45, 7) is 4.47. The Kier molecular flexibility index (Phi) is 8.96. The molecule has 1 unspecified atom stereocenters. The van der Waals surface area contributed by atoms with E-state index in [1.165, 1.54) is 28.2 Å². The highest BCUT2D eigenvalue weighted by Crippen LogP contribution is 2.35. The molecular formula is C23H27NO4S. The zero-order chi connectivity index (χ0) is 21.2. The van der Waals surface area contributed by atoms with Crippen LogP contribution >= 0.6 is 11.8 Å². The molecule has 0 saturated heterocycles. The maximum Gasteiger partial charge on any atom is 0.328 e. The summed E-state index contributed by atoms with van der Waals surface area (Å²) in [5.41, 5.74) is 3.09. The van der Waals surface area contributed by atoms with Gasteiger partial charge in [-0.1, -0.05) is 55.9 Å². The lowest BCUT2D eigenvalue weighted by molar-refractivity contribution is -0.134. The molecule has 3 rings (SSSR count). The van der Waals surface area contributed by atoms with Gasteiger partial charge in [-0.25, -0.2) is 9.59 Å². The number of carboxylic acid groups (broad SMARTS) is 2. The van der Waals surface area contributed by atoms with Gasteiger partial charge >= 0.3 is 11.9 Å². The third-order valence-corrected chi connectivity index (χ3v) is 5.46. The van der Waals surface area contributed by atoms with Gasteiger partial charge in [-0.05, 0) is 48.6 Å². The lowest BCUT2D eigenvalue weighted by Crippen LogP contribution is -2.38. The van der Waals surface area contributed by atoms with Gasteiger partial charge in [0.15, 0.2) is 0 Å². The average Bonchev–Trinajstić information content (AvgIpc) is 2.68. The minimum atomic E-state index is -1.26. The highest BCUT2D eigenvalue weighted by Gasteiger charge is 2.21. The molecule has 5 nitrogen and oxygen atoms in total. The van der Waals surface area contributed by atoms with Gasteiger partial charge in [-0.2, -0.15) is 0 Å². The van der Waals surface area contributed by atoms with Crippen LogP contribution in [0.4, 0.5) is 0 Å². The van der Waals surface area contributed by atoms with E-state index in [4.69, 9.17) is 10.2 Å². The number of carbonyl (C=O) groups is 2. The van der Waals surface area contributed by atoms with Crippen LogP contribution in [0.2, 0.25) is 0 Å². The third-order valence-electron chi connectivity index (χ3n) is 4.35. The Morgan fingerprint density at radius 3 is 2.28 bits per heavy atom. The number of aryl methyl sites for hydroxylation is 1. The quantitative estimate of drug-likeness (QED) is 0.609. The number of hydrogen-bond donors (Lipinski definition) is 3. The number of nitrogens with one attached hydrogen (secondary N) is 1. The van der Waals surface area contributed by atoms with E-state index >= 15 is 0 Å². The summed E-state index contributed by atoms with van der Waals surface area (Å²) in [7, 11) is 0. The molecule has 0 amide bonds. The van der Waals surface area contributed by atoms with E-state index in [1.807, 2.05) is 11.8 Å². The minimum Gasteiger partial charge on any atom is -0.478 e. The summed E-state index contributed by atoms with van der Waals surface area (Å²) in [5, 5.41) is 19.3. The molecule has 154 valence electrons. The molecule has 2 aromatic rings. The van der Waals surface area contributed by atoms with Gasteiger partial charge < -0.3 is 15.5 Å². The Labute approximate surface area is 175 Å². The fraction of sp³-hybridized carbons (Fsp3) is 0.304. The van der Waals surface area contributed by atoms with Crippen LogP contribution in [0.3, 0.4) is 0 Å². The van der Waals surface area contributed by atoms with Crippen LogP contribution in [0, 0.1) is 0 Å². The Morgan fingerprint density at radius 1 is 1.03 bits per heavy atom. The molecule has 0 bridgehead atoms. The van der Waals surface area contributed by atoms with E-state index in [9.17, 15) is 9.59 Å². The molecule has 0 aromatic heterocycles. The van der Waals surface area contributed by atoms with Crippen molar-refractivity contribution < 1.29 is 19.8 Å². The Balaban J connectivity index is 0.000000321. The molecule has 0 aliphatic heterocycles. The first-order chi connectivity index (χ1) is 13.8. The summed E-state index contributed by atoms with van der Waals surface area (Å²) in [5.74, 6) is -2.51. The first-order valence-electron chi connectivity index (χ1n) is 9.58. The van der Waals surface area contributed by atoms with Gasteiger partial charge in [0.05, 0.1) is 0 Å². The number of fused-ring (bicyclic) bond motifs is 1. The predicted molar refractivity (Wildman–Crippen MR) is 116 cm³/mol. The molecule has 6 heteroatoms. The number of benzene rings is 2. The lowest BCUT2D eigenvalue weighted by Gasteiger charge is -2.28. The number of aliphatic carboxylic acids is 2. The van der Waals surface area contributed by atoms with Crippen molar-refractivity contribution in [3.05, 3.63) is 71.8 Å². The Hall–Kier alpha value is -2.57. The predicted octanol–water partition coefficient (Wildman–Crippen LogP) is 4.40. The van der Waals surface area contributed by atoms with Gasteiger partial charge in [-0.15, -0.1) is 0 Å². The van der Waals surface area contributed by atoms with Crippen molar-refractivity contribution in [2.45, 2.75) is 55.0 Å². The topological polar surface area (TPSA) is 86.6 Å². The summed E-state index contributed by atoms with van der Waals surface area (Å²) in [6, 6.07) is 18.6. The first-order valence-corrected chi connectivity index (χ1v) is 10.4. The molecule has 1 aliphatic rings. The number of rotatable bonds is 6. The maximum atomic E-state index is 9.55. The van der Waals surface area contributed by atoms with E-state index in [2.05, 4.69) is 67.7 Å². The van der Waals surface area contributed by atoms with Gasteiger partial charge in [0.1, 0.15) is 0 Å². The standard InChI is InChI=1S/C19H23NS.C4H4O4/c1-14(2)20-16-12-11-15-7-6-10-19(18(15)13-16)21-17-8-4-3-5-9-17;5-3(6)1-2-4(7)8/h3-10,14,16,20H,11-13H2,1-2H3;1-2H,(H,5,6)(H,7,8)/b;2-1-. The average molecular weight is 414 g/mol. The Morgan fingerprint density at radius 2 is 1.69 bits per heavy atom. The zero-order valence-electron chi connectivity index (χ0n) is 16.7. The van der Waals surface area contributed by atoms with Gasteiger partial charge in [0.2, 0.25) is 0 Å². The Bertz CT molecular complexity index is 833. The molecule has 1 atom stereocenters. The second-order valence-corrected chi connectivity index (χ2v) is 8.20. The van der Waals surface area contributed by atoms with Crippen molar-refractivity contribution in [1.29, 1.82) is 0 Å². The molecule has 29 heavy (non-hydrogen) atoms. The van der Waals surface area contributed by atoms with Crippen molar-refractivity contribution in [3.63, 3.8) is 0 Å². The van der Waals surface area contributed by atoms with Crippen molar-refractivity contribution in [3.8, 4) is 0 Å². The van der Waals surface area contributed by atoms with E-state index in [-0.39, 0.29) is 0 Å². The van der Waals surface area contributed by atoms with Crippen molar-refractivity contribution >= 4 is 23.7 Å². The molecule has 0 heterocycles. The first kappa shape index (κ1) is 22.7. The molecule has 0 radical (unpaired) electrons. The van der Waals surface area contributed by atoms with Crippen molar-refractivity contribution in [2.24, 2.45) is 0 Å². The van der Waals surface area contributed by atoms with Crippen LogP contribution in [0.5, 0.6) is 0 Å². The highest BCUT2D eigenvalue weighted by atomic mass is 32.2. The van der Waals surface area contributed by atoms with E-state index < -0.39 is 11.9 Å². The van der Waals surface area contributed by atoms with Gasteiger partial charge in [0.25, 0.3) is 0 Å². The third kappa shape index (κ3) is 8.13. The van der Waals surface area contributed by atoms with Gasteiger partial charge in [0, 0.05) is 34.0 Å². The minimum absolute atomic E-state index is 0.558. The summed E-state index contributed by atoms with van der Waals surface area (Å²) < 4.78 is 0. The molecular weight excluding hydrogens is 386 g/mol. The van der Waals surface area contributed by atoms with Crippen LogP contribution in [-0.4, -0.2) is 34.2 Å². The van der Waals surface area contributed by atoms with Crippen molar-refractivity contribution in [1.82, 2.24) is 5.32 Å². The van der Waals surface area contributed by atoms with Crippen molar-refractivity contribution in [2.75, 3.05) is 0 Å². The SMILES string of the molecule is CC(C)NC1CCc2cccc(Sc3ccccc3)c2C1.O=C(O)/C=C\C(=O)O. The fourth-order valence-corrected chi connectivity index (χ4v) is 4.25. The normalized spacial score (nSPS) is 15.5. The van der Waals surface area contributed by atoms with Crippen LogP contribution in [0.1, 0.15) is 31.4 Å². The van der Waals surface area contributed by atoms with E-state index in [0.29, 0.717) is 24.2 Å². The van der Waals surface area contributed by atoms with Crippen LogP contribution < -0.4 is 5.32 Å². The summed E-state index contributed by atoms with van der Waals surface area (Å²) in [4.78, 5) is 21.9. The number of hydrogen-bond acceptors (Lipinski definition) is 4. The molecule has 1 aliphatic carbocycles. The molecule has 0 fully saturated rings. The summed E-state index contributed by atoms with van der Waals surface area (Å²) >= 11 is 1.90. The fourth-order valence-electron chi connectivity index (χ4n) is 3.22. The smallest absolute Gasteiger partial charge is 0.328 e.